The summed E-state index contributed by atoms with van der Waals surface area (Å²) in [4.78, 5) is 17.2. The van der Waals surface area contributed by atoms with Crippen LogP contribution in [0.1, 0.15) is 11.3 Å². The zero-order chi connectivity index (χ0) is 18.1. The lowest BCUT2D eigenvalue weighted by atomic mass is 9.99. The van der Waals surface area contributed by atoms with Crippen LogP contribution in [0.25, 0.3) is 22.8 Å². The number of aromatic amines is 1. The van der Waals surface area contributed by atoms with Crippen LogP contribution < -0.4 is 9.64 Å². The second-order valence-corrected chi connectivity index (χ2v) is 5.91. The minimum Gasteiger partial charge on any atom is -0.497 e. The predicted molar refractivity (Wildman–Crippen MR) is 103 cm³/mol. The molecule has 0 saturated heterocycles. The van der Waals surface area contributed by atoms with Crippen LogP contribution in [0.15, 0.2) is 60.8 Å². The van der Waals surface area contributed by atoms with Crippen LogP contribution in [0.3, 0.4) is 0 Å². The number of ether oxygens (including phenoxy) is 1. The van der Waals surface area contributed by atoms with Crippen LogP contribution in [0.4, 0.5) is 5.69 Å². The molecule has 0 aliphatic carbocycles. The van der Waals surface area contributed by atoms with Crippen LogP contribution in [0.2, 0.25) is 0 Å². The second kappa shape index (κ2) is 6.30. The van der Waals surface area contributed by atoms with Crippen LogP contribution >= 0.6 is 0 Å². The number of anilines is 1. The molecule has 1 aliphatic heterocycles. The van der Waals surface area contributed by atoms with Gasteiger partial charge in [0, 0.05) is 23.5 Å². The quantitative estimate of drug-likeness (QED) is 0.574. The Morgan fingerprint density at radius 1 is 1.12 bits per heavy atom. The van der Waals surface area contributed by atoms with Crippen molar-refractivity contribution in [3.63, 3.8) is 0 Å². The maximum Gasteiger partial charge on any atom is 0.270 e. The number of hydrogen-bond acceptors (Lipinski definition) is 2. The molecule has 0 fully saturated rings. The molecule has 126 valence electrons. The topological polar surface area (TPSA) is 45.3 Å². The van der Waals surface area contributed by atoms with E-state index in [-0.39, 0.29) is 5.91 Å². The van der Waals surface area contributed by atoms with Gasteiger partial charge in [0.25, 0.3) is 5.91 Å². The Morgan fingerprint density at radius 2 is 1.88 bits per heavy atom. The first-order chi connectivity index (χ1) is 12.7. The fraction of sp³-hybridized carbons (Fsp3) is 0.0455. The minimum absolute atomic E-state index is 0.191. The van der Waals surface area contributed by atoms with Gasteiger partial charge in [-0.2, -0.15) is 0 Å². The molecule has 2 aromatic carbocycles. The number of nitrogens with one attached hydrogen (secondary N) is 1. The Labute approximate surface area is 151 Å². The lowest BCUT2D eigenvalue weighted by Gasteiger charge is -2.09. The second-order valence-electron chi connectivity index (χ2n) is 5.91. The van der Waals surface area contributed by atoms with Crippen LogP contribution in [-0.4, -0.2) is 18.0 Å². The highest BCUT2D eigenvalue weighted by Crippen LogP contribution is 2.39. The molecule has 0 atom stereocenters. The standard InChI is InChI=1S/C22H16N2O2/c1-3-24-21-11-8-16(15-6-9-18(26-2)10-7-15)13-19(21)20(22(24)25)14-17-5-4-12-23-17/h1,4-14,23H,2H3. The average molecular weight is 340 g/mol. The number of terminal acetylenes is 1. The summed E-state index contributed by atoms with van der Waals surface area (Å²) in [6, 6.07) is 19.9. The Morgan fingerprint density at radius 3 is 2.54 bits per heavy atom. The summed E-state index contributed by atoms with van der Waals surface area (Å²) in [5.74, 6) is 0.611. The number of amides is 1. The molecule has 1 N–H and O–H groups in total. The molecule has 3 aromatic rings. The first-order valence-corrected chi connectivity index (χ1v) is 8.16. The Hall–Kier alpha value is -3.71. The third-order valence-corrected chi connectivity index (χ3v) is 4.44. The number of nitrogens with zero attached hydrogens (tertiary/aromatic N) is 1. The van der Waals surface area contributed by atoms with Gasteiger partial charge in [0.1, 0.15) is 5.75 Å². The molecule has 0 bridgehead atoms. The van der Waals surface area contributed by atoms with E-state index in [0.717, 1.165) is 33.8 Å². The highest BCUT2D eigenvalue weighted by Gasteiger charge is 2.32. The van der Waals surface area contributed by atoms with Crippen molar-refractivity contribution in [3.05, 3.63) is 72.1 Å². The smallest absolute Gasteiger partial charge is 0.270 e. The largest absolute Gasteiger partial charge is 0.497 e. The van der Waals surface area contributed by atoms with Gasteiger partial charge < -0.3 is 9.72 Å². The highest BCUT2D eigenvalue weighted by molar-refractivity contribution is 6.37. The third-order valence-electron chi connectivity index (χ3n) is 4.44. The number of rotatable bonds is 3. The molecule has 1 aromatic heterocycles. The van der Waals surface area contributed by atoms with E-state index in [1.54, 1.807) is 7.11 Å². The number of hydrogen-bond donors (Lipinski definition) is 1. The van der Waals surface area contributed by atoms with Gasteiger partial charge in [-0.05, 0) is 53.6 Å². The third kappa shape index (κ3) is 2.56. The first-order valence-electron chi connectivity index (χ1n) is 8.16. The van der Waals surface area contributed by atoms with Crippen molar-refractivity contribution in [2.45, 2.75) is 0 Å². The summed E-state index contributed by atoms with van der Waals surface area (Å²) in [7, 11) is 1.64. The van der Waals surface area contributed by atoms with Crippen molar-refractivity contribution in [1.82, 2.24) is 4.98 Å². The SMILES string of the molecule is C#CN1C(=O)C(=Cc2ccc[nH]2)c2cc(-c3ccc(OC)cc3)ccc21. The number of H-pyrrole nitrogens is 1. The van der Waals surface area contributed by atoms with E-state index in [9.17, 15) is 4.79 Å². The zero-order valence-corrected chi connectivity index (χ0v) is 14.2. The Bertz CT molecular complexity index is 1040. The molecule has 0 radical (unpaired) electrons. The van der Waals surface area contributed by atoms with Gasteiger partial charge in [-0.3, -0.25) is 4.79 Å². The normalized spacial score (nSPS) is 14.4. The summed E-state index contributed by atoms with van der Waals surface area (Å²) in [5, 5.41) is 0. The molecule has 0 saturated carbocycles. The number of carbonyl (C=O) groups excluding carboxylic acids is 1. The number of benzene rings is 2. The van der Waals surface area contributed by atoms with E-state index in [4.69, 9.17) is 11.2 Å². The van der Waals surface area contributed by atoms with E-state index in [2.05, 4.69) is 11.0 Å². The van der Waals surface area contributed by atoms with Gasteiger partial charge in [-0.15, -0.1) is 0 Å². The van der Waals surface area contributed by atoms with Crippen molar-refractivity contribution in [1.29, 1.82) is 0 Å². The van der Waals surface area contributed by atoms with E-state index in [1.165, 1.54) is 4.90 Å². The molecular weight excluding hydrogens is 324 g/mol. The van der Waals surface area contributed by atoms with E-state index < -0.39 is 0 Å². The van der Waals surface area contributed by atoms with Crippen molar-refractivity contribution in [2.75, 3.05) is 12.0 Å². The molecule has 1 amide bonds. The highest BCUT2D eigenvalue weighted by atomic mass is 16.5. The molecule has 1 aliphatic rings. The predicted octanol–water partition coefficient (Wildman–Crippen LogP) is 4.17. The van der Waals surface area contributed by atoms with Gasteiger partial charge in [0.15, 0.2) is 0 Å². The van der Waals surface area contributed by atoms with E-state index in [0.29, 0.717) is 5.57 Å². The van der Waals surface area contributed by atoms with Crippen LogP contribution in [0.5, 0.6) is 5.75 Å². The molecule has 0 unspecified atom stereocenters. The maximum absolute atomic E-state index is 12.7. The first kappa shape index (κ1) is 15.8. The lowest BCUT2D eigenvalue weighted by molar-refractivity contribution is -0.112. The molecule has 4 nitrogen and oxygen atoms in total. The van der Waals surface area contributed by atoms with Gasteiger partial charge in [0.2, 0.25) is 0 Å². The van der Waals surface area contributed by atoms with Gasteiger partial charge in [-0.25, -0.2) is 4.90 Å². The fourth-order valence-electron chi connectivity index (χ4n) is 3.11. The molecule has 4 rings (SSSR count). The number of carbonyl (C=O) groups is 1. The van der Waals surface area contributed by atoms with E-state index >= 15 is 0 Å². The van der Waals surface area contributed by atoms with Crippen molar-refractivity contribution in [3.8, 4) is 29.3 Å². The Balaban J connectivity index is 1.83. The minimum atomic E-state index is -0.191. The summed E-state index contributed by atoms with van der Waals surface area (Å²) in [6.45, 7) is 0. The molecule has 2 heterocycles. The lowest BCUT2D eigenvalue weighted by Crippen LogP contribution is -2.19. The zero-order valence-electron chi connectivity index (χ0n) is 14.2. The van der Waals surface area contributed by atoms with Gasteiger partial charge in [-0.1, -0.05) is 24.6 Å². The van der Waals surface area contributed by atoms with Gasteiger partial charge in [0.05, 0.1) is 18.4 Å². The monoisotopic (exact) mass is 340 g/mol. The average Bonchev–Trinajstić information content (AvgIpc) is 3.28. The van der Waals surface area contributed by atoms with Crippen LogP contribution in [-0.2, 0) is 4.79 Å². The maximum atomic E-state index is 12.7. The summed E-state index contributed by atoms with van der Waals surface area (Å²) in [5.41, 5.74) is 5.04. The number of aromatic nitrogens is 1. The van der Waals surface area contributed by atoms with Crippen molar-refractivity contribution < 1.29 is 9.53 Å². The summed E-state index contributed by atoms with van der Waals surface area (Å²) < 4.78 is 5.21. The number of methoxy groups -OCH3 is 1. The molecule has 26 heavy (non-hydrogen) atoms. The molecular formula is C22H16N2O2. The Kier molecular flexibility index (Phi) is 3.83. The summed E-state index contributed by atoms with van der Waals surface area (Å²) >= 11 is 0. The number of fused-ring (bicyclic) bond motifs is 1. The molecule has 4 heteroatoms. The summed E-state index contributed by atoms with van der Waals surface area (Å²) in [6.07, 6.45) is 9.21. The molecule has 0 spiro atoms. The van der Waals surface area contributed by atoms with Crippen molar-refractivity contribution >= 4 is 23.2 Å². The van der Waals surface area contributed by atoms with Gasteiger partial charge >= 0.3 is 0 Å². The van der Waals surface area contributed by atoms with Crippen LogP contribution in [0, 0.1) is 12.5 Å². The van der Waals surface area contributed by atoms with Crippen molar-refractivity contribution in [2.24, 2.45) is 0 Å². The fourth-order valence-corrected chi connectivity index (χ4v) is 3.11. The van der Waals surface area contributed by atoms with E-state index in [1.807, 2.05) is 66.9 Å².